The monoisotopic (exact) mass is 403 g/mol. The molecule has 0 radical (unpaired) electrons. The minimum atomic E-state index is -0.470. The molecule has 0 aromatic rings. The number of piperidine rings is 1. The summed E-state index contributed by atoms with van der Waals surface area (Å²) in [6.07, 6.45) is 7.13. The number of carbonyl (C=O) groups excluding carboxylic acids is 2. The highest BCUT2D eigenvalue weighted by Crippen LogP contribution is 2.43. The van der Waals surface area contributed by atoms with Crippen LogP contribution in [-0.4, -0.2) is 42.3 Å². The number of esters is 1. The Kier molecular flexibility index (Phi) is 8.61. The summed E-state index contributed by atoms with van der Waals surface area (Å²) in [6, 6.07) is 0. The maximum atomic E-state index is 12.2. The molecule has 5 heteroatoms. The third kappa shape index (κ3) is 7.42. The van der Waals surface area contributed by atoms with Crippen LogP contribution >= 0.6 is 0 Å². The second-order valence-corrected chi connectivity index (χ2v) is 8.95. The van der Waals surface area contributed by atoms with Crippen molar-refractivity contribution in [1.29, 1.82) is 0 Å². The molecule has 29 heavy (non-hydrogen) atoms. The smallest absolute Gasteiger partial charge is 0.410 e. The van der Waals surface area contributed by atoms with E-state index in [0.29, 0.717) is 19.7 Å². The van der Waals surface area contributed by atoms with Crippen LogP contribution in [0.3, 0.4) is 0 Å². The van der Waals surface area contributed by atoms with E-state index in [2.05, 4.69) is 18.8 Å². The van der Waals surface area contributed by atoms with Crippen LogP contribution in [0.4, 0.5) is 4.79 Å². The van der Waals surface area contributed by atoms with Crippen molar-refractivity contribution < 1.29 is 19.1 Å². The maximum absolute atomic E-state index is 12.2. The van der Waals surface area contributed by atoms with Crippen molar-refractivity contribution in [1.82, 2.24) is 4.90 Å². The topological polar surface area (TPSA) is 55.8 Å². The molecule has 1 aliphatic carbocycles. The van der Waals surface area contributed by atoms with E-state index >= 15 is 0 Å². The number of nitrogens with zero attached hydrogens (tertiary/aromatic N) is 1. The molecule has 1 fully saturated rings. The van der Waals surface area contributed by atoms with Gasteiger partial charge in [0.1, 0.15) is 11.5 Å². The van der Waals surface area contributed by atoms with Crippen molar-refractivity contribution >= 4 is 12.1 Å². The fraction of sp³-hybridized carbons (Fsp3) is 0.750. The van der Waals surface area contributed by atoms with Gasteiger partial charge in [-0.25, -0.2) is 4.79 Å². The predicted molar refractivity (Wildman–Crippen MR) is 114 cm³/mol. The van der Waals surface area contributed by atoms with Gasteiger partial charge in [-0.15, -0.1) is 0 Å². The standard InChI is InChI=1S/C24H37NO4/c1-6-8-9-10-11-19-20(21(19)22(26)28-7-2)13-12-18-14-16-25(17-15-18)23(27)29-24(3,4)5/h18,21H,6-11,14-17H2,1-5H3. The summed E-state index contributed by atoms with van der Waals surface area (Å²) < 4.78 is 10.7. The van der Waals surface area contributed by atoms with Gasteiger partial charge in [0.05, 0.1) is 6.61 Å². The van der Waals surface area contributed by atoms with Gasteiger partial charge in [-0.2, -0.15) is 0 Å². The summed E-state index contributed by atoms with van der Waals surface area (Å²) in [5.74, 6) is 6.54. The molecule has 5 nitrogen and oxygen atoms in total. The van der Waals surface area contributed by atoms with Crippen LogP contribution in [0, 0.1) is 23.7 Å². The van der Waals surface area contributed by atoms with Crippen LogP contribution in [0.5, 0.6) is 0 Å². The summed E-state index contributed by atoms with van der Waals surface area (Å²) in [6.45, 7) is 11.4. The lowest BCUT2D eigenvalue weighted by Gasteiger charge is -2.31. The summed E-state index contributed by atoms with van der Waals surface area (Å²) in [4.78, 5) is 26.1. The van der Waals surface area contributed by atoms with Crippen molar-refractivity contribution in [2.45, 2.75) is 85.2 Å². The first-order valence-corrected chi connectivity index (χ1v) is 11.2. The molecule has 1 aliphatic heterocycles. The van der Waals surface area contributed by atoms with E-state index in [-0.39, 0.29) is 23.9 Å². The molecule has 0 N–H and O–H groups in total. The van der Waals surface area contributed by atoms with Crippen molar-refractivity contribution in [2.24, 2.45) is 11.8 Å². The zero-order valence-corrected chi connectivity index (χ0v) is 18.8. The quantitative estimate of drug-likeness (QED) is 0.337. The normalized spacial score (nSPS) is 19.5. The molecule has 1 heterocycles. The van der Waals surface area contributed by atoms with Crippen molar-refractivity contribution in [3.05, 3.63) is 11.1 Å². The predicted octanol–water partition coefficient (Wildman–Crippen LogP) is 5.10. The molecule has 0 saturated carbocycles. The highest BCUT2D eigenvalue weighted by atomic mass is 16.6. The van der Waals surface area contributed by atoms with Crippen LogP contribution in [0.1, 0.15) is 79.6 Å². The SMILES string of the molecule is CCCCCCC1=C(C#CC2CCN(C(=O)OC(C)(C)C)CC2)C1C(=O)OCC. The number of hydrogen-bond acceptors (Lipinski definition) is 4. The zero-order chi connectivity index (χ0) is 21.4. The zero-order valence-electron chi connectivity index (χ0n) is 18.8. The fourth-order valence-electron chi connectivity index (χ4n) is 3.64. The number of likely N-dealkylation sites (tertiary alicyclic amines) is 1. The molecule has 1 atom stereocenters. The molecular weight excluding hydrogens is 366 g/mol. The molecule has 1 saturated heterocycles. The van der Waals surface area contributed by atoms with Gasteiger partial charge in [0.2, 0.25) is 0 Å². The van der Waals surface area contributed by atoms with Crippen LogP contribution in [0.2, 0.25) is 0 Å². The molecular formula is C24H37NO4. The minimum absolute atomic E-state index is 0.151. The Balaban J connectivity index is 1.88. The first-order chi connectivity index (χ1) is 13.8. The molecule has 0 aromatic heterocycles. The van der Waals surface area contributed by atoms with E-state index in [9.17, 15) is 9.59 Å². The van der Waals surface area contributed by atoms with Gasteiger partial charge in [0.15, 0.2) is 0 Å². The summed E-state index contributed by atoms with van der Waals surface area (Å²) in [7, 11) is 0. The number of unbranched alkanes of at least 4 members (excludes halogenated alkanes) is 3. The number of ether oxygens (including phenoxy) is 2. The molecule has 2 rings (SSSR count). The summed E-state index contributed by atoms with van der Waals surface area (Å²) in [5.41, 5.74) is 1.69. The molecule has 0 aromatic carbocycles. The average molecular weight is 404 g/mol. The Morgan fingerprint density at radius 1 is 1.10 bits per heavy atom. The highest BCUT2D eigenvalue weighted by Gasteiger charge is 2.42. The lowest BCUT2D eigenvalue weighted by molar-refractivity contribution is -0.144. The number of amides is 1. The van der Waals surface area contributed by atoms with Crippen LogP contribution in [-0.2, 0) is 14.3 Å². The first-order valence-electron chi connectivity index (χ1n) is 11.2. The number of hydrogen-bond donors (Lipinski definition) is 0. The van der Waals surface area contributed by atoms with E-state index < -0.39 is 5.60 Å². The van der Waals surface area contributed by atoms with E-state index in [1.807, 2.05) is 27.7 Å². The second-order valence-electron chi connectivity index (χ2n) is 8.95. The lowest BCUT2D eigenvalue weighted by Crippen LogP contribution is -2.41. The molecule has 0 spiro atoms. The Labute approximate surface area is 176 Å². The number of carbonyl (C=O) groups is 2. The Hall–Kier alpha value is -1.96. The van der Waals surface area contributed by atoms with E-state index in [4.69, 9.17) is 9.47 Å². The van der Waals surface area contributed by atoms with Gasteiger partial charge in [-0.3, -0.25) is 4.79 Å². The highest BCUT2D eigenvalue weighted by molar-refractivity contribution is 5.88. The third-order valence-electron chi connectivity index (χ3n) is 5.28. The minimum Gasteiger partial charge on any atom is -0.465 e. The Bertz CT molecular complexity index is 669. The lowest BCUT2D eigenvalue weighted by atomic mass is 9.97. The summed E-state index contributed by atoms with van der Waals surface area (Å²) >= 11 is 0. The Morgan fingerprint density at radius 3 is 2.38 bits per heavy atom. The molecule has 2 aliphatic rings. The van der Waals surface area contributed by atoms with Crippen LogP contribution in [0.25, 0.3) is 0 Å². The largest absolute Gasteiger partial charge is 0.465 e. The molecule has 1 unspecified atom stereocenters. The van der Waals surface area contributed by atoms with Crippen molar-refractivity contribution in [2.75, 3.05) is 19.7 Å². The van der Waals surface area contributed by atoms with Gasteiger partial charge in [0.25, 0.3) is 0 Å². The van der Waals surface area contributed by atoms with Crippen molar-refractivity contribution in [3.63, 3.8) is 0 Å². The number of rotatable bonds is 7. The molecule has 0 bridgehead atoms. The maximum Gasteiger partial charge on any atom is 0.410 e. The van der Waals surface area contributed by atoms with E-state index in [1.165, 1.54) is 24.8 Å². The first kappa shape index (κ1) is 23.3. The van der Waals surface area contributed by atoms with Gasteiger partial charge >= 0.3 is 12.1 Å². The van der Waals surface area contributed by atoms with E-state index in [1.54, 1.807) is 4.90 Å². The van der Waals surface area contributed by atoms with Gasteiger partial charge in [-0.05, 0) is 59.0 Å². The third-order valence-corrected chi connectivity index (χ3v) is 5.28. The summed E-state index contributed by atoms with van der Waals surface area (Å²) in [5, 5.41) is 0. The second kappa shape index (κ2) is 10.7. The fourth-order valence-corrected chi connectivity index (χ4v) is 3.64. The van der Waals surface area contributed by atoms with Crippen LogP contribution in [0.15, 0.2) is 11.1 Å². The Morgan fingerprint density at radius 2 is 1.79 bits per heavy atom. The van der Waals surface area contributed by atoms with Crippen molar-refractivity contribution in [3.8, 4) is 11.8 Å². The average Bonchev–Trinajstić information content (AvgIpc) is 3.35. The molecule has 162 valence electrons. The van der Waals surface area contributed by atoms with Crippen LogP contribution < -0.4 is 0 Å². The van der Waals surface area contributed by atoms with Gasteiger partial charge in [0, 0.05) is 24.6 Å². The van der Waals surface area contributed by atoms with E-state index in [0.717, 1.165) is 31.3 Å². The van der Waals surface area contributed by atoms with Gasteiger partial charge < -0.3 is 14.4 Å². The molecule has 1 amide bonds. The van der Waals surface area contributed by atoms with Gasteiger partial charge in [-0.1, -0.05) is 38.0 Å².